The normalized spacial score (nSPS) is 19.1. The molecule has 0 saturated carbocycles. The number of carbonyl (C=O) groups excluding carboxylic acids is 2. The summed E-state index contributed by atoms with van der Waals surface area (Å²) in [5.41, 5.74) is 4.83. The van der Waals surface area contributed by atoms with Gasteiger partial charge >= 0.3 is 12.2 Å². The van der Waals surface area contributed by atoms with Crippen molar-refractivity contribution in [1.29, 1.82) is 0 Å². The van der Waals surface area contributed by atoms with Crippen molar-refractivity contribution in [1.82, 2.24) is 29.7 Å². The summed E-state index contributed by atoms with van der Waals surface area (Å²) >= 11 is 0. The summed E-state index contributed by atoms with van der Waals surface area (Å²) in [4.78, 5) is 45.5. The van der Waals surface area contributed by atoms with Crippen LogP contribution in [0.5, 0.6) is 11.5 Å². The van der Waals surface area contributed by atoms with E-state index in [-0.39, 0.29) is 24.3 Å². The first-order valence-electron chi connectivity index (χ1n) is 16.8. The molecule has 2 aromatic carbocycles. The van der Waals surface area contributed by atoms with Gasteiger partial charge in [-0.25, -0.2) is 19.6 Å². The molecule has 5 heterocycles. The Bertz CT molecular complexity index is 1710. The third-order valence-electron chi connectivity index (χ3n) is 8.93. The van der Waals surface area contributed by atoms with E-state index in [4.69, 9.17) is 14.2 Å². The van der Waals surface area contributed by atoms with Gasteiger partial charge in [0.2, 0.25) is 0 Å². The van der Waals surface area contributed by atoms with Gasteiger partial charge in [-0.2, -0.15) is 0 Å². The highest BCUT2D eigenvalue weighted by Gasteiger charge is 2.36. The van der Waals surface area contributed by atoms with Crippen molar-refractivity contribution in [2.75, 3.05) is 13.1 Å². The average molecular weight is 653 g/mol. The van der Waals surface area contributed by atoms with Crippen molar-refractivity contribution in [2.24, 2.45) is 0 Å². The van der Waals surface area contributed by atoms with Crippen molar-refractivity contribution in [3.8, 4) is 34.0 Å². The summed E-state index contributed by atoms with van der Waals surface area (Å²) in [6, 6.07) is 12.1. The molecule has 3 aliphatic rings. The number of likely N-dealkylation sites (tertiary alicyclic amines) is 2. The molecule has 2 saturated heterocycles. The van der Waals surface area contributed by atoms with Crippen LogP contribution in [0.3, 0.4) is 0 Å². The molecule has 11 nitrogen and oxygen atoms in total. The van der Waals surface area contributed by atoms with Crippen molar-refractivity contribution < 1.29 is 23.8 Å². The maximum atomic E-state index is 12.8. The number of fused-ring (bicyclic) bond motifs is 2. The number of hydrogen-bond acceptors (Lipinski definition) is 7. The molecule has 0 bridgehead atoms. The first-order chi connectivity index (χ1) is 22.8. The van der Waals surface area contributed by atoms with E-state index < -0.39 is 11.2 Å². The molecule has 252 valence electrons. The van der Waals surface area contributed by atoms with Gasteiger partial charge in [0.25, 0.3) is 0 Å². The van der Waals surface area contributed by atoms with E-state index >= 15 is 0 Å². The third kappa shape index (κ3) is 6.50. The van der Waals surface area contributed by atoms with Crippen LogP contribution in [0.15, 0.2) is 48.8 Å². The minimum Gasteiger partial charge on any atom is -0.457 e. The van der Waals surface area contributed by atoms with Gasteiger partial charge in [0, 0.05) is 30.6 Å². The van der Waals surface area contributed by atoms with E-state index in [1.165, 1.54) is 0 Å². The minimum atomic E-state index is -0.549. The predicted octanol–water partition coefficient (Wildman–Crippen LogP) is 8.31. The van der Waals surface area contributed by atoms with Crippen LogP contribution in [0, 0.1) is 0 Å². The molecule has 0 radical (unpaired) electrons. The quantitative estimate of drug-likeness (QED) is 0.200. The molecule has 2 atom stereocenters. The van der Waals surface area contributed by atoms with E-state index in [0.717, 1.165) is 88.9 Å². The summed E-state index contributed by atoms with van der Waals surface area (Å²) in [6.45, 7) is 12.6. The lowest BCUT2D eigenvalue weighted by molar-refractivity contribution is 0.0208. The number of nitrogens with one attached hydrogen (secondary N) is 2. The second kappa shape index (κ2) is 12.0. The fraction of sp³-hybridized carbons (Fsp3) is 0.459. The van der Waals surface area contributed by atoms with Crippen LogP contribution in [-0.4, -0.2) is 66.2 Å². The van der Waals surface area contributed by atoms with E-state index in [1.54, 1.807) is 9.80 Å². The first-order valence-corrected chi connectivity index (χ1v) is 16.8. The monoisotopic (exact) mass is 652 g/mol. The zero-order valence-corrected chi connectivity index (χ0v) is 28.6. The summed E-state index contributed by atoms with van der Waals surface area (Å²) < 4.78 is 17.7. The molecule has 2 amide bonds. The lowest BCUT2D eigenvalue weighted by atomic mass is 9.96. The Morgan fingerprint density at radius 1 is 0.729 bits per heavy atom. The average Bonchev–Trinajstić information content (AvgIpc) is 3.83. The highest BCUT2D eigenvalue weighted by atomic mass is 16.6. The number of rotatable bonds is 4. The first kappa shape index (κ1) is 31.8. The molecule has 4 aromatic rings. The van der Waals surface area contributed by atoms with Gasteiger partial charge < -0.3 is 24.2 Å². The maximum absolute atomic E-state index is 12.8. The van der Waals surface area contributed by atoms with Crippen LogP contribution in [0.25, 0.3) is 22.5 Å². The number of nitrogens with zero attached hydrogens (tertiary/aromatic N) is 4. The third-order valence-corrected chi connectivity index (χ3v) is 8.93. The van der Waals surface area contributed by atoms with E-state index in [0.29, 0.717) is 13.1 Å². The topological polar surface area (TPSA) is 126 Å². The fourth-order valence-electron chi connectivity index (χ4n) is 6.76. The Balaban J connectivity index is 1.05. The molecule has 7 rings (SSSR count). The van der Waals surface area contributed by atoms with Crippen LogP contribution >= 0.6 is 0 Å². The predicted molar refractivity (Wildman–Crippen MR) is 181 cm³/mol. The molecule has 0 spiro atoms. The molecule has 0 unspecified atom stereocenters. The number of H-pyrrole nitrogens is 2. The highest BCUT2D eigenvalue weighted by Crippen LogP contribution is 2.41. The van der Waals surface area contributed by atoms with Gasteiger partial charge in [0.05, 0.1) is 35.9 Å². The van der Waals surface area contributed by atoms with E-state index in [2.05, 4.69) is 38.1 Å². The molecular formula is C37H44N6O5. The SMILES string of the molecule is CC(C)(C)OC(=O)N1CCC[C@@H]1c1ncc(-c2ccc3c(c2)Cc2ccc(-c4cnc([C@@H]5CCCN5C(=O)OC(C)(C)C)[nH]4)cc2O3)[nH]1. The van der Waals surface area contributed by atoms with Crippen LogP contribution < -0.4 is 4.74 Å². The standard InChI is InChI=1S/C37H44N6O5/c1-36(2,3)47-34(44)42-15-7-9-28(42)32-38-20-26(40-32)22-13-14-30-25(17-22)18-24-12-11-23(19-31(24)46-30)27-21-39-33(41-27)29-10-8-16-43(29)35(45)48-37(4,5)6/h11-14,17,19-21,28-29H,7-10,15-16,18H2,1-6H3,(H,38,40)(H,39,41)/t28-,29+/m1/s1. The lowest BCUT2D eigenvalue weighted by Crippen LogP contribution is -2.36. The number of ether oxygens (including phenoxy) is 3. The fourth-order valence-corrected chi connectivity index (χ4v) is 6.76. The number of aromatic amines is 2. The van der Waals surface area contributed by atoms with Crippen molar-refractivity contribution in [3.05, 3.63) is 71.6 Å². The Morgan fingerprint density at radius 3 is 1.79 bits per heavy atom. The Hall–Kier alpha value is -4.80. The van der Waals surface area contributed by atoms with Crippen LogP contribution in [0.2, 0.25) is 0 Å². The van der Waals surface area contributed by atoms with Gasteiger partial charge in [-0.05, 0) is 103 Å². The molecule has 2 fully saturated rings. The summed E-state index contributed by atoms with van der Waals surface area (Å²) in [5.74, 6) is 3.16. The number of carbonyl (C=O) groups is 2. The van der Waals surface area contributed by atoms with Gasteiger partial charge in [-0.3, -0.25) is 9.80 Å². The summed E-state index contributed by atoms with van der Waals surface area (Å²) in [7, 11) is 0. The smallest absolute Gasteiger partial charge is 0.410 e. The van der Waals surface area contributed by atoms with E-state index in [9.17, 15) is 9.59 Å². The van der Waals surface area contributed by atoms with E-state index in [1.807, 2.05) is 72.1 Å². The summed E-state index contributed by atoms with van der Waals surface area (Å²) in [6.07, 6.45) is 7.27. The number of hydrogen-bond donors (Lipinski definition) is 2. The number of benzene rings is 2. The molecule has 3 aliphatic heterocycles. The second-order valence-electron chi connectivity index (χ2n) is 15.0. The molecule has 2 aromatic heterocycles. The van der Waals surface area contributed by atoms with Gasteiger partial charge in [-0.1, -0.05) is 12.1 Å². The maximum Gasteiger partial charge on any atom is 0.410 e. The zero-order chi connectivity index (χ0) is 33.8. The van der Waals surface area contributed by atoms with Crippen molar-refractivity contribution in [2.45, 2.75) is 96.9 Å². The molecule has 48 heavy (non-hydrogen) atoms. The van der Waals surface area contributed by atoms with Crippen molar-refractivity contribution >= 4 is 12.2 Å². The second-order valence-corrected chi connectivity index (χ2v) is 15.0. The molecule has 2 N–H and O–H groups in total. The van der Waals surface area contributed by atoms with Gasteiger partial charge in [-0.15, -0.1) is 0 Å². The van der Waals surface area contributed by atoms with Crippen LogP contribution in [-0.2, 0) is 15.9 Å². The van der Waals surface area contributed by atoms with Crippen molar-refractivity contribution in [3.63, 3.8) is 0 Å². The largest absolute Gasteiger partial charge is 0.457 e. The Morgan fingerprint density at radius 2 is 1.25 bits per heavy atom. The lowest BCUT2D eigenvalue weighted by Gasteiger charge is -2.27. The Labute approximate surface area is 281 Å². The Kier molecular flexibility index (Phi) is 7.96. The molecular weight excluding hydrogens is 608 g/mol. The number of imidazole rings is 2. The van der Waals surface area contributed by atoms with Gasteiger partial charge in [0.15, 0.2) is 0 Å². The number of amides is 2. The molecule has 0 aliphatic carbocycles. The van der Waals surface area contributed by atoms with Crippen LogP contribution in [0.4, 0.5) is 9.59 Å². The minimum absolute atomic E-state index is 0.135. The van der Waals surface area contributed by atoms with Crippen LogP contribution in [0.1, 0.15) is 102 Å². The zero-order valence-electron chi connectivity index (χ0n) is 28.6. The number of aromatic nitrogens is 4. The molecule has 11 heteroatoms. The highest BCUT2D eigenvalue weighted by molar-refractivity contribution is 5.71. The van der Waals surface area contributed by atoms with Gasteiger partial charge in [0.1, 0.15) is 34.3 Å². The summed E-state index contributed by atoms with van der Waals surface area (Å²) in [5, 5.41) is 0.